The fourth-order valence-electron chi connectivity index (χ4n) is 2.76. The van der Waals surface area contributed by atoms with Gasteiger partial charge in [0.25, 0.3) is 0 Å². The van der Waals surface area contributed by atoms with Crippen molar-refractivity contribution in [2.24, 2.45) is 0 Å². The van der Waals surface area contributed by atoms with Crippen LogP contribution in [0.4, 0.5) is 10.2 Å². The summed E-state index contributed by atoms with van der Waals surface area (Å²) in [7, 11) is 0. The Morgan fingerprint density at radius 3 is 2.90 bits per heavy atom. The van der Waals surface area contributed by atoms with Crippen molar-refractivity contribution < 1.29 is 4.39 Å². The number of aromatic nitrogens is 4. The first-order valence-electron chi connectivity index (χ1n) is 7.17. The van der Waals surface area contributed by atoms with Gasteiger partial charge in [0.1, 0.15) is 6.33 Å². The molecule has 0 aromatic carbocycles. The molecule has 3 rings (SSSR count). The summed E-state index contributed by atoms with van der Waals surface area (Å²) < 4.78 is 15.8. The van der Waals surface area contributed by atoms with E-state index < -0.39 is 5.82 Å². The third-order valence-electron chi connectivity index (χ3n) is 3.84. The van der Waals surface area contributed by atoms with E-state index >= 15 is 0 Å². The van der Waals surface area contributed by atoms with Gasteiger partial charge in [-0.15, -0.1) is 10.2 Å². The van der Waals surface area contributed by atoms with Crippen molar-refractivity contribution in [1.82, 2.24) is 19.7 Å². The summed E-state index contributed by atoms with van der Waals surface area (Å²) >= 11 is 5.69. The summed E-state index contributed by atoms with van der Waals surface area (Å²) in [5.74, 6) is 0.516. The van der Waals surface area contributed by atoms with Gasteiger partial charge in [-0.25, -0.2) is 9.37 Å². The first-order valence-corrected chi connectivity index (χ1v) is 7.55. The molecule has 2 heterocycles. The zero-order chi connectivity index (χ0) is 14.7. The van der Waals surface area contributed by atoms with Gasteiger partial charge in [0.2, 0.25) is 0 Å². The Morgan fingerprint density at radius 1 is 1.33 bits per heavy atom. The van der Waals surface area contributed by atoms with Crippen LogP contribution in [-0.2, 0) is 6.54 Å². The highest BCUT2D eigenvalue weighted by molar-refractivity contribution is 6.30. The van der Waals surface area contributed by atoms with E-state index in [0.717, 1.165) is 18.7 Å². The van der Waals surface area contributed by atoms with Crippen LogP contribution in [0.15, 0.2) is 18.6 Å². The van der Waals surface area contributed by atoms with Gasteiger partial charge in [0, 0.05) is 12.2 Å². The van der Waals surface area contributed by atoms with Crippen molar-refractivity contribution in [2.75, 3.05) is 5.32 Å². The fraction of sp³-hybridized carbons (Fsp3) is 0.500. The molecule has 0 saturated heterocycles. The maximum atomic E-state index is 13.7. The number of anilines is 1. The zero-order valence-corrected chi connectivity index (χ0v) is 12.4. The number of nitrogens with zero attached hydrogens (tertiary/aromatic N) is 4. The van der Waals surface area contributed by atoms with Crippen LogP contribution >= 0.6 is 11.6 Å². The number of hydrogen-bond donors (Lipinski definition) is 1. The molecule has 112 valence electrons. The van der Waals surface area contributed by atoms with E-state index in [1.165, 1.54) is 31.5 Å². The molecular formula is C14H17ClFN5. The van der Waals surface area contributed by atoms with E-state index in [1.807, 2.05) is 0 Å². The van der Waals surface area contributed by atoms with Crippen LogP contribution in [-0.4, -0.2) is 19.7 Å². The molecule has 0 unspecified atom stereocenters. The van der Waals surface area contributed by atoms with Crippen LogP contribution in [0.25, 0.3) is 0 Å². The van der Waals surface area contributed by atoms with Gasteiger partial charge in [-0.05, 0) is 18.9 Å². The van der Waals surface area contributed by atoms with E-state index in [9.17, 15) is 4.39 Å². The van der Waals surface area contributed by atoms with Gasteiger partial charge in [-0.2, -0.15) is 0 Å². The lowest BCUT2D eigenvalue weighted by molar-refractivity contribution is 0.346. The average molecular weight is 310 g/mol. The molecule has 1 N–H and O–H groups in total. The van der Waals surface area contributed by atoms with Gasteiger partial charge < -0.3 is 9.88 Å². The molecule has 5 nitrogen and oxygen atoms in total. The Kier molecular flexibility index (Phi) is 4.34. The molecular weight excluding hydrogens is 293 g/mol. The Morgan fingerprint density at radius 2 is 2.14 bits per heavy atom. The number of halogens is 2. The summed E-state index contributed by atoms with van der Waals surface area (Å²) in [6.45, 7) is 0.391. The van der Waals surface area contributed by atoms with E-state index in [2.05, 4.69) is 25.1 Å². The van der Waals surface area contributed by atoms with Crippen molar-refractivity contribution in [3.63, 3.8) is 0 Å². The van der Waals surface area contributed by atoms with Gasteiger partial charge in [0.05, 0.1) is 11.6 Å². The first-order chi connectivity index (χ1) is 10.2. The summed E-state index contributed by atoms with van der Waals surface area (Å²) in [5, 5.41) is 11.3. The minimum Gasteiger partial charge on any atom is -0.360 e. The minimum absolute atomic E-state index is 0.178. The Hall–Kier alpha value is -1.69. The molecule has 2 aromatic rings. The molecule has 21 heavy (non-hydrogen) atoms. The molecule has 2 aromatic heterocycles. The Labute approximate surface area is 127 Å². The number of hydrogen-bond acceptors (Lipinski definition) is 4. The molecule has 1 aliphatic rings. The number of nitrogens with one attached hydrogen (secondary N) is 1. The SMILES string of the molecule is Fc1cc(Cl)cnc1NCc1nncn1C1CCCCC1. The highest BCUT2D eigenvalue weighted by Crippen LogP contribution is 2.28. The lowest BCUT2D eigenvalue weighted by atomic mass is 9.95. The molecule has 0 spiro atoms. The highest BCUT2D eigenvalue weighted by atomic mass is 35.5. The summed E-state index contributed by atoms with van der Waals surface area (Å²) in [4.78, 5) is 3.94. The van der Waals surface area contributed by atoms with Gasteiger partial charge in [-0.1, -0.05) is 30.9 Å². The standard InChI is InChI=1S/C14H17ClFN5/c15-10-6-12(16)14(17-7-10)18-8-13-20-19-9-21(13)11-4-2-1-3-5-11/h6-7,9,11H,1-5,8H2,(H,17,18). The van der Waals surface area contributed by atoms with Crippen molar-refractivity contribution in [1.29, 1.82) is 0 Å². The van der Waals surface area contributed by atoms with Gasteiger partial charge in [0.15, 0.2) is 17.5 Å². The van der Waals surface area contributed by atoms with Crippen LogP contribution in [0.2, 0.25) is 5.02 Å². The van der Waals surface area contributed by atoms with Crippen molar-refractivity contribution in [3.05, 3.63) is 35.3 Å². The second-order valence-electron chi connectivity index (χ2n) is 5.28. The monoisotopic (exact) mass is 309 g/mol. The second kappa shape index (κ2) is 6.39. The fourth-order valence-corrected chi connectivity index (χ4v) is 2.91. The molecule has 7 heteroatoms. The number of pyridine rings is 1. The second-order valence-corrected chi connectivity index (χ2v) is 5.72. The minimum atomic E-state index is -0.466. The molecule has 1 saturated carbocycles. The molecule has 0 radical (unpaired) electrons. The van der Waals surface area contributed by atoms with Gasteiger partial charge >= 0.3 is 0 Å². The van der Waals surface area contributed by atoms with E-state index in [1.54, 1.807) is 6.33 Å². The number of rotatable bonds is 4. The smallest absolute Gasteiger partial charge is 0.166 e. The molecule has 1 fully saturated rings. The average Bonchev–Trinajstić information content (AvgIpc) is 2.96. The maximum Gasteiger partial charge on any atom is 0.166 e. The van der Waals surface area contributed by atoms with E-state index in [-0.39, 0.29) is 10.8 Å². The summed E-state index contributed by atoms with van der Waals surface area (Å²) in [5.41, 5.74) is 0. The third kappa shape index (κ3) is 3.32. The largest absolute Gasteiger partial charge is 0.360 e. The predicted molar refractivity (Wildman–Crippen MR) is 78.7 cm³/mol. The van der Waals surface area contributed by atoms with Crippen LogP contribution in [0.1, 0.15) is 44.0 Å². The third-order valence-corrected chi connectivity index (χ3v) is 4.04. The van der Waals surface area contributed by atoms with Crippen LogP contribution < -0.4 is 5.32 Å². The zero-order valence-electron chi connectivity index (χ0n) is 11.6. The topological polar surface area (TPSA) is 55.6 Å². The van der Waals surface area contributed by atoms with Crippen molar-refractivity contribution in [3.8, 4) is 0 Å². The lowest BCUT2D eigenvalue weighted by Gasteiger charge is -2.24. The molecule has 0 atom stereocenters. The van der Waals surface area contributed by atoms with Crippen LogP contribution in [0, 0.1) is 5.82 Å². The molecule has 1 aliphatic carbocycles. The molecule has 0 aliphatic heterocycles. The summed E-state index contributed by atoms with van der Waals surface area (Å²) in [6.07, 6.45) is 9.26. The van der Waals surface area contributed by atoms with E-state index in [0.29, 0.717) is 12.6 Å². The maximum absolute atomic E-state index is 13.7. The quantitative estimate of drug-likeness (QED) is 0.938. The van der Waals surface area contributed by atoms with Crippen molar-refractivity contribution >= 4 is 17.4 Å². The highest BCUT2D eigenvalue weighted by Gasteiger charge is 2.18. The summed E-state index contributed by atoms with van der Waals surface area (Å²) in [6, 6.07) is 1.69. The van der Waals surface area contributed by atoms with E-state index in [4.69, 9.17) is 11.6 Å². The van der Waals surface area contributed by atoms with Crippen molar-refractivity contribution in [2.45, 2.75) is 44.7 Å². The Balaban J connectivity index is 1.69. The normalized spacial score (nSPS) is 16.1. The van der Waals surface area contributed by atoms with Crippen LogP contribution in [0.3, 0.4) is 0 Å². The molecule has 0 bridgehead atoms. The molecule has 0 amide bonds. The van der Waals surface area contributed by atoms with Crippen LogP contribution in [0.5, 0.6) is 0 Å². The van der Waals surface area contributed by atoms with Gasteiger partial charge in [-0.3, -0.25) is 0 Å². The Bertz CT molecular complexity index is 609. The lowest BCUT2D eigenvalue weighted by Crippen LogP contribution is -2.17. The predicted octanol–water partition coefficient (Wildman–Crippen LogP) is 3.58. The first kappa shape index (κ1) is 14.3.